The molecule has 0 aromatic heterocycles. The SMILES string of the molecule is O=C(O)/C=C/C(=O)Nc1ccc(Br)cc1.O=C(O)/C=C/C(=O)Nc1ccc(Br)cc1.c1ccc([CH2][Sn][CH2]c2ccccc2)cc1. The summed E-state index contributed by atoms with van der Waals surface area (Å²) in [6.07, 6.45) is 3.50. The van der Waals surface area contributed by atoms with Crippen LogP contribution in [-0.4, -0.2) is 55.1 Å². The van der Waals surface area contributed by atoms with Crippen LogP contribution in [0.25, 0.3) is 0 Å². The number of carbonyl (C=O) groups excluding carboxylic acids is 2. The summed E-state index contributed by atoms with van der Waals surface area (Å²) in [5.41, 5.74) is 4.25. The Balaban J connectivity index is 0.000000235. The van der Waals surface area contributed by atoms with Gasteiger partial charge < -0.3 is 20.8 Å². The van der Waals surface area contributed by atoms with Crippen LogP contribution in [-0.2, 0) is 28.1 Å². The first-order chi connectivity index (χ1) is 21.6. The first-order valence-corrected chi connectivity index (χ1v) is 19.0. The standard InChI is InChI=1S/2C10H8BrNO3.2C7H7.Sn/c2*11-7-1-3-8(4-2-7)12-9(13)5-6-10(14)15;2*1-7-5-3-2-4-6-7;/h2*1-6H,(H,12,13)(H,14,15);2*2-6H,1H2;/b2*6-5+;;;. The van der Waals surface area contributed by atoms with E-state index in [4.69, 9.17) is 10.2 Å². The Morgan fingerprint density at radius 3 is 1.18 bits per heavy atom. The van der Waals surface area contributed by atoms with E-state index in [9.17, 15) is 19.2 Å². The van der Waals surface area contributed by atoms with E-state index in [1.54, 1.807) is 48.5 Å². The van der Waals surface area contributed by atoms with Crippen molar-refractivity contribution in [2.45, 2.75) is 8.87 Å². The molecule has 0 heterocycles. The molecule has 0 unspecified atom stereocenters. The van der Waals surface area contributed by atoms with Crippen LogP contribution in [0, 0.1) is 0 Å². The van der Waals surface area contributed by atoms with Crippen LogP contribution in [0.3, 0.4) is 0 Å². The molecule has 0 saturated heterocycles. The van der Waals surface area contributed by atoms with Gasteiger partial charge >= 0.3 is 114 Å². The zero-order valence-corrected chi connectivity index (χ0v) is 29.9. The number of hydrogen-bond donors (Lipinski definition) is 4. The summed E-state index contributed by atoms with van der Waals surface area (Å²) in [6.45, 7) is 0. The number of benzene rings is 4. The minimum atomic E-state index is -1.15. The molecule has 4 aromatic rings. The zero-order valence-electron chi connectivity index (χ0n) is 23.9. The second-order valence-corrected chi connectivity index (χ2v) is 14.2. The topological polar surface area (TPSA) is 133 Å². The van der Waals surface area contributed by atoms with Gasteiger partial charge in [0.1, 0.15) is 0 Å². The van der Waals surface area contributed by atoms with Crippen molar-refractivity contribution in [3.8, 4) is 0 Å². The van der Waals surface area contributed by atoms with Crippen LogP contribution in [0.5, 0.6) is 0 Å². The number of halogens is 2. The van der Waals surface area contributed by atoms with Gasteiger partial charge in [-0.2, -0.15) is 0 Å². The van der Waals surface area contributed by atoms with Crippen molar-refractivity contribution in [1.29, 1.82) is 0 Å². The van der Waals surface area contributed by atoms with Crippen LogP contribution >= 0.6 is 31.9 Å². The molecular formula is C34H30Br2N2O6Sn. The Labute approximate surface area is 288 Å². The number of hydrogen-bond acceptors (Lipinski definition) is 4. The van der Waals surface area contributed by atoms with E-state index in [2.05, 4.69) is 103 Å². The molecule has 0 aliphatic carbocycles. The third-order valence-electron chi connectivity index (χ3n) is 5.32. The normalized spacial score (nSPS) is 10.2. The van der Waals surface area contributed by atoms with Crippen molar-refractivity contribution in [2.75, 3.05) is 10.6 Å². The molecular weight excluding hydrogens is 811 g/mol. The van der Waals surface area contributed by atoms with Gasteiger partial charge in [0.2, 0.25) is 11.8 Å². The van der Waals surface area contributed by atoms with Gasteiger partial charge in [-0.3, -0.25) is 9.59 Å². The number of rotatable bonds is 10. The van der Waals surface area contributed by atoms with Crippen LogP contribution in [0.15, 0.2) is 142 Å². The van der Waals surface area contributed by atoms with Gasteiger partial charge in [-0.1, -0.05) is 31.9 Å². The molecule has 4 aromatic carbocycles. The number of nitrogens with one attached hydrogen (secondary N) is 2. The van der Waals surface area contributed by atoms with E-state index >= 15 is 0 Å². The number of carboxylic acids is 2. The fourth-order valence-corrected chi connectivity index (χ4v) is 7.15. The summed E-state index contributed by atoms with van der Waals surface area (Å²) in [7, 11) is 0. The van der Waals surface area contributed by atoms with E-state index in [0.717, 1.165) is 33.2 Å². The van der Waals surface area contributed by atoms with Gasteiger partial charge in [-0.05, 0) is 48.5 Å². The summed E-state index contributed by atoms with van der Waals surface area (Å²) in [6, 6.07) is 35.6. The second kappa shape index (κ2) is 21.7. The number of carbonyl (C=O) groups is 4. The maximum absolute atomic E-state index is 11.1. The first kappa shape index (κ1) is 37.2. The summed E-state index contributed by atoms with van der Waals surface area (Å²) in [4.78, 5) is 42.5. The molecule has 4 N–H and O–H groups in total. The Kier molecular flexibility index (Phi) is 17.9. The van der Waals surface area contributed by atoms with Gasteiger partial charge in [0.25, 0.3) is 0 Å². The molecule has 0 fully saturated rings. The Hall–Kier alpha value is -4.00. The van der Waals surface area contributed by atoms with Crippen molar-refractivity contribution < 1.29 is 29.4 Å². The minimum absolute atomic E-state index is 0.258. The van der Waals surface area contributed by atoms with E-state index in [-0.39, 0.29) is 21.1 Å². The second-order valence-electron chi connectivity index (χ2n) is 8.91. The van der Waals surface area contributed by atoms with Crippen LogP contribution in [0.4, 0.5) is 11.4 Å². The fraction of sp³-hybridized carbons (Fsp3) is 0.0588. The number of anilines is 2. The molecule has 0 aliphatic heterocycles. The zero-order chi connectivity index (χ0) is 32.9. The molecule has 4 rings (SSSR count). The third-order valence-corrected chi connectivity index (χ3v) is 10.1. The predicted molar refractivity (Wildman–Crippen MR) is 185 cm³/mol. The maximum atomic E-state index is 11.1. The molecule has 2 radical (unpaired) electrons. The first-order valence-electron chi connectivity index (χ1n) is 13.3. The van der Waals surface area contributed by atoms with Gasteiger partial charge in [0.05, 0.1) is 0 Å². The van der Waals surface area contributed by atoms with E-state index in [1.807, 2.05) is 0 Å². The molecule has 2 amide bonds. The van der Waals surface area contributed by atoms with E-state index < -0.39 is 23.8 Å². The summed E-state index contributed by atoms with van der Waals surface area (Å²) >= 11 is 6.26. The number of aliphatic carboxylic acids is 2. The van der Waals surface area contributed by atoms with Crippen molar-refractivity contribution in [3.63, 3.8) is 0 Å². The van der Waals surface area contributed by atoms with Gasteiger partial charge in [-0.25, -0.2) is 9.59 Å². The van der Waals surface area contributed by atoms with Crippen LogP contribution in [0.1, 0.15) is 11.1 Å². The quantitative estimate of drug-likeness (QED) is 0.0992. The average Bonchev–Trinajstić information content (AvgIpc) is 3.03. The molecule has 0 bridgehead atoms. The Morgan fingerprint density at radius 2 is 0.867 bits per heavy atom. The van der Waals surface area contributed by atoms with Crippen molar-refractivity contribution >= 4 is 88.1 Å². The van der Waals surface area contributed by atoms with Gasteiger partial charge in [0.15, 0.2) is 0 Å². The van der Waals surface area contributed by atoms with Crippen molar-refractivity contribution in [3.05, 3.63) is 154 Å². The molecule has 230 valence electrons. The molecule has 11 heteroatoms. The number of carboxylic acid groups (broad SMARTS) is 2. The molecule has 0 atom stereocenters. The van der Waals surface area contributed by atoms with Crippen LogP contribution in [0.2, 0.25) is 0 Å². The third kappa shape index (κ3) is 18.4. The Bertz CT molecular complexity index is 1450. The van der Waals surface area contributed by atoms with E-state index in [1.165, 1.54) is 20.0 Å². The van der Waals surface area contributed by atoms with E-state index in [0.29, 0.717) is 11.4 Å². The average molecular weight is 841 g/mol. The predicted octanol–water partition coefficient (Wildman–Crippen LogP) is 7.15. The van der Waals surface area contributed by atoms with Crippen LogP contribution < -0.4 is 10.6 Å². The summed E-state index contributed by atoms with van der Waals surface area (Å²) < 4.78 is 4.50. The number of amides is 2. The monoisotopic (exact) mass is 840 g/mol. The molecule has 0 saturated carbocycles. The summed E-state index contributed by atoms with van der Waals surface area (Å²) in [5, 5.41) is 21.6. The Morgan fingerprint density at radius 1 is 0.533 bits per heavy atom. The molecule has 8 nitrogen and oxygen atoms in total. The van der Waals surface area contributed by atoms with Gasteiger partial charge in [0, 0.05) is 44.6 Å². The fourth-order valence-electron chi connectivity index (χ4n) is 3.27. The molecule has 45 heavy (non-hydrogen) atoms. The van der Waals surface area contributed by atoms with Crippen molar-refractivity contribution in [2.24, 2.45) is 0 Å². The van der Waals surface area contributed by atoms with Gasteiger partial charge in [-0.15, -0.1) is 0 Å². The molecule has 0 spiro atoms. The van der Waals surface area contributed by atoms with Crippen molar-refractivity contribution in [1.82, 2.24) is 0 Å². The summed E-state index contributed by atoms with van der Waals surface area (Å²) in [5.74, 6) is -3.25. The molecule has 0 aliphatic rings.